The number of amides is 1. The molecule has 0 aliphatic heterocycles. The number of hydrogen-bond acceptors (Lipinski definition) is 2. The fraction of sp³-hybridized carbons (Fsp3) is 0.158. The molecule has 2 N–H and O–H groups in total. The highest BCUT2D eigenvalue weighted by atomic mass is 35.5. The predicted molar refractivity (Wildman–Crippen MR) is 97.1 cm³/mol. The Kier molecular flexibility index (Phi) is 5.14. The van der Waals surface area contributed by atoms with Gasteiger partial charge in [-0.3, -0.25) is 9.89 Å². The third-order valence-corrected chi connectivity index (χ3v) is 4.20. The molecule has 0 radical (unpaired) electrons. The van der Waals surface area contributed by atoms with Crippen LogP contribution in [0.5, 0.6) is 0 Å². The molecular formula is C19H17ClFN3O. The monoisotopic (exact) mass is 357 g/mol. The van der Waals surface area contributed by atoms with Gasteiger partial charge in [-0.15, -0.1) is 0 Å². The van der Waals surface area contributed by atoms with Gasteiger partial charge in [-0.2, -0.15) is 5.10 Å². The van der Waals surface area contributed by atoms with Crippen molar-refractivity contribution in [2.24, 2.45) is 0 Å². The zero-order chi connectivity index (χ0) is 17.8. The average Bonchev–Trinajstić information content (AvgIpc) is 2.99. The maximum Gasteiger partial charge on any atom is 0.228 e. The summed E-state index contributed by atoms with van der Waals surface area (Å²) in [5, 5.41) is 10.7. The van der Waals surface area contributed by atoms with Crippen LogP contribution in [0.2, 0.25) is 5.02 Å². The summed E-state index contributed by atoms with van der Waals surface area (Å²) in [7, 11) is 0. The first-order valence-corrected chi connectivity index (χ1v) is 8.32. The number of aryl methyl sites for hydroxylation is 1. The van der Waals surface area contributed by atoms with Gasteiger partial charge in [0.1, 0.15) is 11.5 Å². The smallest absolute Gasteiger partial charge is 0.228 e. The molecule has 0 saturated carbocycles. The molecule has 0 saturated heterocycles. The van der Waals surface area contributed by atoms with Crippen molar-refractivity contribution in [3.63, 3.8) is 0 Å². The first-order chi connectivity index (χ1) is 12.1. The number of hydrogen-bond donors (Lipinski definition) is 2. The van der Waals surface area contributed by atoms with Crippen molar-refractivity contribution in [1.29, 1.82) is 0 Å². The molecule has 3 aromatic rings. The van der Waals surface area contributed by atoms with Crippen molar-refractivity contribution in [1.82, 2.24) is 10.2 Å². The molecule has 0 aliphatic carbocycles. The lowest BCUT2D eigenvalue weighted by atomic mass is 10.1. The lowest BCUT2D eigenvalue weighted by Crippen LogP contribution is -2.15. The van der Waals surface area contributed by atoms with E-state index in [1.165, 1.54) is 12.1 Å². The molecule has 1 aromatic heterocycles. The van der Waals surface area contributed by atoms with Gasteiger partial charge in [0.05, 0.1) is 22.8 Å². The van der Waals surface area contributed by atoms with E-state index in [9.17, 15) is 9.18 Å². The third kappa shape index (κ3) is 3.88. The fourth-order valence-electron chi connectivity index (χ4n) is 2.59. The molecule has 25 heavy (non-hydrogen) atoms. The topological polar surface area (TPSA) is 57.8 Å². The minimum atomic E-state index is -0.326. The maximum atomic E-state index is 13.0. The van der Waals surface area contributed by atoms with Crippen LogP contribution in [0.4, 0.5) is 10.1 Å². The number of halogens is 2. The predicted octanol–water partition coefficient (Wildman–Crippen LogP) is 4.61. The molecule has 6 heteroatoms. The number of nitrogens with one attached hydrogen (secondary N) is 2. The van der Waals surface area contributed by atoms with E-state index >= 15 is 0 Å². The van der Waals surface area contributed by atoms with Gasteiger partial charge in [0.2, 0.25) is 5.91 Å². The number of nitrogens with zero attached hydrogens (tertiary/aromatic N) is 1. The molecule has 0 fully saturated rings. The van der Waals surface area contributed by atoms with Crippen molar-refractivity contribution >= 4 is 23.2 Å². The van der Waals surface area contributed by atoms with Crippen LogP contribution < -0.4 is 5.32 Å². The first-order valence-electron chi connectivity index (χ1n) is 7.95. The third-order valence-electron chi connectivity index (χ3n) is 3.87. The number of aromatic amines is 1. The largest absolute Gasteiger partial charge is 0.322 e. The standard InChI is InChI=1S/C19H17ClFN3O/c1-2-16-19(18(24-23-16)14-5-3-4-6-15(14)20)22-17(25)11-12-7-9-13(21)10-8-12/h3-10H,2,11H2,1H3,(H,22,25)(H,23,24). The number of aromatic nitrogens is 2. The molecule has 0 atom stereocenters. The van der Waals surface area contributed by atoms with E-state index in [2.05, 4.69) is 15.5 Å². The second-order valence-corrected chi connectivity index (χ2v) is 6.02. The molecule has 2 aromatic carbocycles. The second-order valence-electron chi connectivity index (χ2n) is 5.61. The van der Waals surface area contributed by atoms with Gasteiger partial charge in [-0.05, 0) is 30.2 Å². The zero-order valence-electron chi connectivity index (χ0n) is 13.6. The number of benzene rings is 2. The number of anilines is 1. The van der Waals surface area contributed by atoms with Crippen LogP contribution in [-0.4, -0.2) is 16.1 Å². The Morgan fingerprint density at radius 3 is 2.60 bits per heavy atom. The Hall–Kier alpha value is -2.66. The summed E-state index contributed by atoms with van der Waals surface area (Å²) < 4.78 is 13.0. The van der Waals surface area contributed by atoms with Gasteiger partial charge in [-0.1, -0.05) is 48.9 Å². The van der Waals surface area contributed by atoms with E-state index in [4.69, 9.17) is 11.6 Å². The van der Waals surface area contributed by atoms with E-state index in [-0.39, 0.29) is 18.1 Å². The second kappa shape index (κ2) is 7.49. The Labute approximate surface area is 150 Å². The Morgan fingerprint density at radius 2 is 1.92 bits per heavy atom. The van der Waals surface area contributed by atoms with Crippen molar-refractivity contribution in [2.45, 2.75) is 19.8 Å². The normalized spacial score (nSPS) is 10.7. The van der Waals surface area contributed by atoms with Crippen molar-refractivity contribution in [3.05, 3.63) is 70.6 Å². The molecule has 128 valence electrons. The van der Waals surface area contributed by atoms with Gasteiger partial charge >= 0.3 is 0 Å². The Bertz CT molecular complexity index is 890. The van der Waals surface area contributed by atoms with E-state index in [1.807, 2.05) is 25.1 Å². The summed E-state index contributed by atoms with van der Waals surface area (Å²) in [6.07, 6.45) is 0.834. The summed E-state index contributed by atoms with van der Waals surface area (Å²) in [5.41, 5.74) is 3.54. The Morgan fingerprint density at radius 1 is 1.20 bits per heavy atom. The van der Waals surface area contributed by atoms with Gasteiger partial charge in [0, 0.05) is 5.56 Å². The molecule has 3 rings (SSSR count). The summed E-state index contributed by atoms with van der Waals surface area (Å²) in [5.74, 6) is -0.524. The van der Waals surface area contributed by atoms with Crippen LogP contribution in [0.15, 0.2) is 48.5 Å². The first kappa shape index (κ1) is 17.2. The van der Waals surface area contributed by atoms with Crippen molar-refractivity contribution in [2.75, 3.05) is 5.32 Å². The van der Waals surface area contributed by atoms with Crippen molar-refractivity contribution < 1.29 is 9.18 Å². The number of carbonyl (C=O) groups is 1. The molecule has 4 nitrogen and oxygen atoms in total. The lowest BCUT2D eigenvalue weighted by Gasteiger charge is -2.09. The highest BCUT2D eigenvalue weighted by molar-refractivity contribution is 6.33. The highest BCUT2D eigenvalue weighted by Crippen LogP contribution is 2.33. The van der Waals surface area contributed by atoms with Crippen LogP contribution in [0.3, 0.4) is 0 Å². The molecule has 0 bridgehead atoms. The number of H-pyrrole nitrogens is 1. The van der Waals surface area contributed by atoms with E-state index < -0.39 is 0 Å². The lowest BCUT2D eigenvalue weighted by molar-refractivity contribution is -0.115. The number of rotatable bonds is 5. The quantitative estimate of drug-likeness (QED) is 0.700. The van der Waals surface area contributed by atoms with Crippen molar-refractivity contribution in [3.8, 4) is 11.3 Å². The molecule has 0 spiro atoms. The fourth-order valence-corrected chi connectivity index (χ4v) is 2.81. The molecule has 1 amide bonds. The van der Waals surface area contributed by atoms with E-state index in [0.29, 0.717) is 22.8 Å². The zero-order valence-corrected chi connectivity index (χ0v) is 14.4. The van der Waals surface area contributed by atoms with Gasteiger partial charge in [-0.25, -0.2) is 4.39 Å². The molecule has 0 unspecified atom stereocenters. The van der Waals surface area contributed by atoms with Gasteiger partial charge in [0.15, 0.2) is 0 Å². The molecule has 1 heterocycles. The summed E-state index contributed by atoms with van der Waals surface area (Å²) >= 11 is 6.26. The summed E-state index contributed by atoms with van der Waals surface area (Å²) in [6.45, 7) is 1.97. The maximum absolute atomic E-state index is 13.0. The minimum absolute atomic E-state index is 0.149. The highest BCUT2D eigenvalue weighted by Gasteiger charge is 2.18. The molecular weight excluding hydrogens is 341 g/mol. The van der Waals surface area contributed by atoms with E-state index in [0.717, 1.165) is 16.8 Å². The van der Waals surface area contributed by atoms with Crippen LogP contribution in [0.25, 0.3) is 11.3 Å². The van der Waals surface area contributed by atoms with Crippen LogP contribution in [-0.2, 0) is 17.6 Å². The minimum Gasteiger partial charge on any atom is -0.322 e. The van der Waals surface area contributed by atoms with Gasteiger partial charge in [0.25, 0.3) is 0 Å². The van der Waals surface area contributed by atoms with Crippen LogP contribution in [0.1, 0.15) is 18.2 Å². The SMILES string of the molecule is CCc1[nH]nc(-c2ccccc2Cl)c1NC(=O)Cc1ccc(F)cc1. The Balaban J connectivity index is 1.86. The number of carbonyl (C=O) groups excluding carboxylic acids is 1. The van der Waals surface area contributed by atoms with Crippen LogP contribution >= 0.6 is 11.6 Å². The van der Waals surface area contributed by atoms with Crippen LogP contribution in [0, 0.1) is 5.82 Å². The molecule has 0 aliphatic rings. The average molecular weight is 358 g/mol. The van der Waals surface area contributed by atoms with Gasteiger partial charge < -0.3 is 5.32 Å². The summed E-state index contributed by atoms with van der Waals surface area (Å²) in [6, 6.07) is 13.2. The van der Waals surface area contributed by atoms with E-state index in [1.54, 1.807) is 18.2 Å². The summed E-state index contributed by atoms with van der Waals surface area (Å²) in [4.78, 5) is 12.4.